The van der Waals surface area contributed by atoms with Crippen molar-refractivity contribution in [3.8, 4) is 0 Å². The largest absolute Gasteiger partial charge is 0.394 e. The van der Waals surface area contributed by atoms with Crippen molar-refractivity contribution in [3.63, 3.8) is 0 Å². The highest BCUT2D eigenvalue weighted by atomic mass is 16.8. The molecule has 4 aliphatic carbocycles. The monoisotopic (exact) mass is 766 g/mol. The molecular weight excluding hydrogens is 696 g/mol. The zero-order valence-corrected chi connectivity index (χ0v) is 33.8. The Bertz CT molecular complexity index is 1400. The van der Waals surface area contributed by atoms with Gasteiger partial charge >= 0.3 is 0 Å². The molecule has 0 bridgehead atoms. The summed E-state index contributed by atoms with van der Waals surface area (Å²) in [4.78, 5) is 0. The van der Waals surface area contributed by atoms with E-state index in [-0.39, 0.29) is 39.9 Å². The van der Waals surface area contributed by atoms with E-state index in [0.29, 0.717) is 19.3 Å². The van der Waals surface area contributed by atoms with Crippen molar-refractivity contribution in [2.75, 3.05) is 6.61 Å². The average Bonchev–Trinajstić information content (AvgIpc) is 3.48. The first kappa shape index (κ1) is 42.6. The van der Waals surface area contributed by atoms with Gasteiger partial charge in [-0.15, -0.1) is 0 Å². The number of rotatable bonds is 8. The molecule has 4 saturated carbocycles. The van der Waals surface area contributed by atoms with Gasteiger partial charge in [-0.05, 0) is 118 Å². The molecule has 6 fully saturated rings. The van der Waals surface area contributed by atoms with Gasteiger partial charge in [-0.2, -0.15) is 0 Å². The summed E-state index contributed by atoms with van der Waals surface area (Å²) < 4.78 is 25.2. The molecule has 0 amide bonds. The van der Waals surface area contributed by atoms with E-state index in [1.807, 2.05) is 0 Å². The number of hydrogen-bond acceptors (Lipinski definition) is 12. The normalized spacial score (nSPS) is 53.3. The van der Waals surface area contributed by atoms with Crippen LogP contribution in [0.5, 0.6) is 0 Å². The van der Waals surface area contributed by atoms with Gasteiger partial charge in [0.15, 0.2) is 12.6 Å². The Morgan fingerprint density at radius 2 is 1.44 bits per heavy atom. The quantitative estimate of drug-likeness (QED) is 0.133. The molecule has 2 aliphatic heterocycles. The molecule has 310 valence electrons. The Morgan fingerprint density at radius 3 is 2.09 bits per heavy atom. The van der Waals surface area contributed by atoms with Crippen molar-refractivity contribution in [2.24, 2.45) is 45.3 Å². The van der Waals surface area contributed by atoms with E-state index >= 15 is 0 Å². The van der Waals surface area contributed by atoms with E-state index in [9.17, 15) is 40.9 Å². The van der Waals surface area contributed by atoms with E-state index in [1.165, 1.54) is 18.1 Å². The molecule has 2 saturated heterocycles. The fourth-order valence-corrected chi connectivity index (χ4v) is 12.9. The second-order valence-electron chi connectivity index (χ2n) is 19.6. The lowest BCUT2D eigenvalue weighted by Crippen LogP contribution is -2.71. The van der Waals surface area contributed by atoms with Crippen LogP contribution in [0.4, 0.5) is 0 Å². The maximum atomic E-state index is 12.2. The second-order valence-corrected chi connectivity index (χ2v) is 19.6. The number of hydrogen-bond donors (Lipinski definition) is 8. The van der Waals surface area contributed by atoms with Crippen molar-refractivity contribution >= 4 is 0 Å². The zero-order valence-electron chi connectivity index (χ0n) is 33.8. The lowest BCUT2D eigenvalue weighted by atomic mass is 9.34. The lowest BCUT2D eigenvalue weighted by molar-refractivity contribution is -0.381. The minimum Gasteiger partial charge on any atom is -0.394 e. The first-order valence-electron chi connectivity index (χ1n) is 20.4. The highest BCUT2D eigenvalue weighted by molar-refractivity contribution is 5.24. The standard InChI is InChI=1S/C42H70O12/c1-20(2)11-10-12-21(3)23-13-16-41(8)29(23)24(44)17-27-40(7)15-14-28(45)39(5,6)36(40)25(18-42(27,41)9)52-38-35(33(49)31(47)26(19-43)53-38)54-37-34(50)32(48)30(46)22(4)51-37/h11-12,22-38,43-50H,10,13-19H2,1-9H3/b21-12-/t22-,23+,24-,25+,26+,27?,28-,29?,30-,31+,32+,33-,34+,35+,36?,37-,38+,40+,41-,42+/m0/s1. The third-order valence-corrected chi connectivity index (χ3v) is 16.0. The maximum absolute atomic E-state index is 12.2. The fraction of sp³-hybridized carbons (Fsp3) is 0.905. The van der Waals surface area contributed by atoms with Crippen molar-refractivity contribution < 1.29 is 59.8 Å². The second kappa shape index (κ2) is 15.3. The van der Waals surface area contributed by atoms with Crippen LogP contribution in [0.15, 0.2) is 23.3 Å². The molecule has 0 aromatic rings. The van der Waals surface area contributed by atoms with E-state index in [0.717, 1.165) is 25.7 Å². The lowest BCUT2D eigenvalue weighted by Gasteiger charge is -2.72. The van der Waals surface area contributed by atoms with E-state index in [2.05, 4.69) is 67.5 Å². The molecule has 6 aliphatic rings. The summed E-state index contributed by atoms with van der Waals surface area (Å²) in [5, 5.41) is 88.2. The molecule has 3 unspecified atom stereocenters. The smallest absolute Gasteiger partial charge is 0.187 e. The highest BCUT2D eigenvalue weighted by Crippen LogP contribution is 2.76. The highest BCUT2D eigenvalue weighted by Gasteiger charge is 2.73. The van der Waals surface area contributed by atoms with Crippen molar-refractivity contribution in [3.05, 3.63) is 23.3 Å². The Morgan fingerprint density at radius 1 is 0.759 bits per heavy atom. The molecule has 0 aromatic carbocycles. The van der Waals surface area contributed by atoms with Crippen LogP contribution in [0.2, 0.25) is 0 Å². The number of aliphatic hydroxyl groups is 8. The molecule has 6 rings (SSSR count). The molecule has 8 N–H and O–H groups in total. The maximum Gasteiger partial charge on any atom is 0.187 e. The van der Waals surface area contributed by atoms with Gasteiger partial charge in [-0.1, -0.05) is 57.9 Å². The molecular formula is C42H70O12. The topological polar surface area (TPSA) is 199 Å². The average molecular weight is 767 g/mol. The van der Waals surface area contributed by atoms with Crippen LogP contribution >= 0.6 is 0 Å². The summed E-state index contributed by atoms with van der Waals surface area (Å²) in [6, 6.07) is 0. The van der Waals surface area contributed by atoms with Crippen LogP contribution in [0, 0.1) is 45.3 Å². The summed E-state index contributed by atoms with van der Waals surface area (Å²) in [5.41, 5.74) is 1.01. The Labute approximate surface area is 321 Å². The zero-order chi connectivity index (χ0) is 39.9. The van der Waals surface area contributed by atoms with E-state index in [1.54, 1.807) is 0 Å². The van der Waals surface area contributed by atoms with Crippen LogP contribution in [-0.4, -0.2) is 127 Å². The van der Waals surface area contributed by atoms with Gasteiger partial charge < -0.3 is 59.8 Å². The molecule has 2 heterocycles. The Kier molecular flexibility index (Phi) is 12.1. The van der Waals surface area contributed by atoms with Gasteiger partial charge in [0.1, 0.15) is 42.7 Å². The van der Waals surface area contributed by atoms with Gasteiger partial charge in [0.25, 0.3) is 0 Å². The molecule has 12 nitrogen and oxygen atoms in total. The predicted molar refractivity (Wildman–Crippen MR) is 199 cm³/mol. The van der Waals surface area contributed by atoms with Crippen LogP contribution in [0.1, 0.15) is 107 Å². The summed E-state index contributed by atoms with van der Waals surface area (Å²) in [5.74, 6) is 0.165. The van der Waals surface area contributed by atoms with Crippen molar-refractivity contribution in [1.29, 1.82) is 0 Å². The van der Waals surface area contributed by atoms with Gasteiger partial charge in [0.05, 0.1) is 31.0 Å². The van der Waals surface area contributed by atoms with Gasteiger partial charge in [0, 0.05) is 0 Å². The first-order chi connectivity index (χ1) is 25.1. The minimum absolute atomic E-state index is 0.0381. The van der Waals surface area contributed by atoms with Gasteiger partial charge in [-0.3, -0.25) is 0 Å². The molecule has 54 heavy (non-hydrogen) atoms. The molecule has 0 aromatic heterocycles. The van der Waals surface area contributed by atoms with E-state index < -0.39 is 91.7 Å². The number of fused-ring (bicyclic) bond motifs is 5. The van der Waals surface area contributed by atoms with E-state index in [4.69, 9.17) is 18.9 Å². The number of allylic oxidation sites excluding steroid dienone is 4. The third-order valence-electron chi connectivity index (χ3n) is 16.0. The van der Waals surface area contributed by atoms with Crippen molar-refractivity contribution in [2.45, 2.75) is 187 Å². The van der Waals surface area contributed by atoms with Gasteiger partial charge in [-0.25, -0.2) is 0 Å². The van der Waals surface area contributed by atoms with Crippen LogP contribution in [0.25, 0.3) is 0 Å². The Balaban J connectivity index is 1.39. The summed E-state index contributed by atoms with van der Waals surface area (Å²) >= 11 is 0. The Hall–Kier alpha value is -1.00. The first-order valence-corrected chi connectivity index (χ1v) is 20.4. The third kappa shape index (κ3) is 6.79. The van der Waals surface area contributed by atoms with Crippen LogP contribution in [0.3, 0.4) is 0 Å². The number of aliphatic hydroxyl groups excluding tert-OH is 8. The molecule has 0 spiro atoms. The summed E-state index contributed by atoms with van der Waals surface area (Å²) in [6.07, 6.45) is -6.05. The SMILES string of the molecule is CC(C)=CC/C=C(/C)[C@H]1CC[C@@]2(C)C1[C@@H](O)CC1[C@@]3(C)CC[C@H](O)C(C)(C)C3[C@H](O[C@@H]3O[C@H](CO)[C@@H](O)[C@H](O)[C@H]3O[C@@H]3O[C@@H](C)[C@H](O)[C@@H](O)[C@H]3O)C[C@]12C. The number of ether oxygens (including phenoxy) is 4. The predicted octanol–water partition coefficient (Wildman–Crippen LogP) is 2.95. The van der Waals surface area contributed by atoms with Gasteiger partial charge in [0.2, 0.25) is 0 Å². The minimum atomic E-state index is -1.68. The molecule has 0 radical (unpaired) electrons. The van der Waals surface area contributed by atoms with Crippen LogP contribution < -0.4 is 0 Å². The molecule has 12 heteroatoms. The summed E-state index contributed by atoms with van der Waals surface area (Å²) in [6.45, 7) is 18.5. The van der Waals surface area contributed by atoms with Crippen molar-refractivity contribution in [1.82, 2.24) is 0 Å². The molecule has 20 atom stereocenters. The summed E-state index contributed by atoms with van der Waals surface area (Å²) in [7, 11) is 0. The fourth-order valence-electron chi connectivity index (χ4n) is 12.9. The van der Waals surface area contributed by atoms with Crippen LogP contribution in [-0.2, 0) is 18.9 Å².